The van der Waals surface area contributed by atoms with E-state index in [1.54, 1.807) is 18.2 Å². The van der Waals surface area contributed by atoms with Crippen LogP contribution in [0.4, 0.5) is 15.8 Å². The maximum absolute atomic E-state index is 14.0. The van der Waals surface area contributed by atoms with Gasteiger partial charge in [0.25, 0.3) is 17.4 Å². The third-order valence-corrected chi connectivity index (χ3v) is 5.23. The van der Waals surface area contributed by atoms with Gasteiger partial charge in [-0.2, -0.15) is 5.10 Å². The number of ether oxygens (including phenoxy) is 1. The van der Waals surface area contributed by atoms with Crippen molar-refractivity contribution in [1.82, 2.24) is 9.78 Å². The van der Waals surface area contributed by atoms with Gasteiger partial charge in [0.05, 0.1) is 24.1 Å². The summed E-state index contributed by atoms with van der Waals surface area (Å²) in [5.41, 5.74) is -0.839. The van der Waals surface area contributed by atoms with E-state index in [-0.39, 0.29) is 17.1 Å². The molecular formula is C20H15Cl2FN4O3. The molecule has 10 heteroatoms. The van der Waals surface area contributed by atoms with Gasteiger partial charge < -0.3 is 15.4 Å². The summed E-state index contributed by atoms with van der Waals surface area (Å²) in [6.07, 6.45) is 2.88. The highest BCUT2D eigenvalue weighted by atomic mass is 35.5. The molecule has 1 aliphatic heterocycles. The Morgan fingerprint density at radius 2 is 2.13 bits per heavy atom. The molecule has 4 rings (SSSR count). The molecule has 0 saturated heterocycles. The second kappa shape index (κ2) is 7.62. The number of carbonyl (C=O) groups is 2. The normalized spacial score (nSPS) is 17.7. The number of hydrogen-bond donors (Lipinski definition) is 2. The number of nitrogens with zero attached hydrogens (tertiary/aromatic N) is 2. The molecule has 2 N–H and O–H groups in total. The second-order valence-corrected chi connectivity index (χ2v) is 7.65. The van der Waals surface area contributed by atoms with E-state index in [1.165, 1.54) is 42.2 Å². The summed E-state index contributed by atoms with van der Waals surface area (Å²) in [5, 5.41) is 10.0. The fourth-order valence-electron chi connectivity index (χ4n) is 2.96. The number of rotatable bonds is 4. The predicted octanol–water partition coefficient (Wildman–Crippen LogP) is 4.11. The van der Waals surface area contributed by atoms with Crippen molar-refractivity contribution in [3.8, 4) is 5.75 Å². The SMILES string of the molecule is CC1(C(=O)Nc2cnn(Cc3c(F)cccc3Cl)c2)Oc2ccc(Cl)cc2NC1=O. The minimum absolute atomic E-state index is 0.0732. The fraction of sp³-hybridized carbons (Fsp3) is 0.150. The predicted molar refractivity (Wildman–Crippen MR) is 110 cm³/mol. The van der Waals surface area contributed by atoms with E-state index >= 15 is 0 Å². The largest absolute Gasteiger partial charge is 0.466 e. The van der Waals surface area contributed by atoms with Gasteiger partial charge in [0.2, 0.25) is 0 Å². The molecular weight excluding hydrogens is 434 g/mol. The molecule has 3 aromatic rings. The first-order valence-electron chi connectivity index (χ1n) is 8.83. The first kappa shape index (κ1) is 20.2. The zero-order chi connectivity index (χ0) is 21.5. The van der Waals surface area contributed by atoms with Crippen LogP contribution in [-0.2, 0) is 16.1 Å². The number of benzene rings is 2. The van der Waals surface area contributed by atoms with Gasteiger partial charge in [-0.25, -0.2) is 4.39 Å². The van der Waals surface area contributed by atoms with Gasteiger partial charge in [-0.05, 0) is 37.3 Å². The third-order valence-electron chi connectivity index (χ3n) is 4.64. The van der Waals surface area contributed by atoms with Crippen LogP contribution in [0.25, 0.3) is 0 Å². The van der Waals surface area contributed by atoms with Crippen LogP contribution in [0.2, 0.25) is 10.0 Å². The van der Waals surface area contributed by atoms with Crippen molar-refractivity contribution >= 4 is 46.4 Å². The van der Waals surface area contributed by atoms with Crippen LogP contribution >= 0.6 is 23.2 Å². The summed E-state index contributed by atoms with van der Waals surface area (Å²) in [6.45, 7) is 1.43. The van der Waals surface area contributed by atoms with Crippen LogP contribution in [0.5, 0.6) is 5.75 Å². The first-order chi connectivity index (χ1) is 14.3. The summed E-state index contributed by atoms with van der Waals surface area (Å²) in [4.78, 5) is 25.3. The molecule has 0 spiro atoms. The average Bonchev–Trinajstić information content (AvgIpc) is 3.13. The lowest BCUT2D eigenvalue weighted by Crippen LogP contribution is -2.56. The zero-order valence-electron chi connectivity index (χ0n) is 15.6. The molecule has 1 atom stereocenters. The topological polar surface area (TPSA) is 85.2 Å². The summed E-state index contributed by atoms with van der Waals surface area (Å²) in [5.74, 6) is -1.46. The Morgan fingerprint density at radius 1 is 1.33 bits per heavy atom. The van der Waals surface area contributed by atoms with Gasteiger partial charge in [0.15, 0.2) is 0 Å². The number of halogens is 3. The Kier molecular flexibility index (Phi) is 5.13. The number of anilines is 2. The van der Waals surface area contributed by atoms with E-state index in [1.807, 2.05) is 0 Å². The molecule has 7 nitrogen and oxygen atoms in total. The highest BCUT2D eigenvalue weighted by Gasteiger charge is 2.47. The van der Waals surface area contributed by atoms with Crippen LogP contribution < -0.4 is 15.4 Å². The lowest BCUT2D eigenvalue weighted by molar-refractivity contribution is -0.143. The number of aromatic nitrogens is 2. The Balaban J connectivity index is 1.50. The highest BCUT2D eigenvalue weighted by Crippen LogP contribution is 2.36. The number of carbonyl (C=O) groups excluding carboxylic acids is 2. The molecule has 0 fully saturated rings. The maximum Gasteiger partial charge on any atom is 0.278 e. The molecule has 2 amide bonds. The molecule has 0 saturated carbocycles. The summed E-state index contributed by atoms with van der Waals surface area (Å²) < 4.78 is 21.1. The summed E-state index contributed by atoms with van der Waals surface area (Å²) in [6, 6.07) is 9.09. The number of hydrogen-bond acceptors (Lipinski definition) is 4. The summed E-state index contributed by atoms with van der Waals surface area (Å²) in [7, 11) is 0. The molecule has 1 unspecified atom stereocenters. The third kappa shape index (κ3) is 3.71. The van der Waals surface area contributed by atoms with E-state index in [0.717, 1.165) is 0 Å². The monoisotopic (exact) mass is 448 g/mol. The molecule has 0 aliphatic carbocycles. The fourth-order valence-corrected chi connectivity index (χ4v) is 3.35. The van der Waals surface area contributed by atoms with Crippen LogP contribution in [0.3, 0.4) is 0 Å². The van der Waals surface area contributed by atoms with Gasteiger partial charge in [0, 0.05) is 21.8 Å². The van der Waals surface area contributed by atoms with Crippen LogP contribution in [-0.4, -0.2) is 27.2 Å². The van der Waals surface area contributed by atoms with Crippen molar-refractivity contribution in [3.05, 3.63) is 70.2 Å². The molecule has 1 aromatic heterocycles. The van der Waals surface area contributed by atoms with E-state index in [0.29, 0.717) is 22.1 Å². The van der Waals surface area contributed by atoms with Crippen molar-refractivity contribution in [2.45, 2.75) is 19.1 Å². The lowest BCUT2D eigenvalue weighted by atomic mass is 10.0. The van der Waals surface area contributed by atoms with Crippen molar-refractivity contribution in [2.24, 2.45) is 0 Å². The Morgan fingerprint density at radius 3 is 2.90 bits per heavy atom. The van der Waals surface area contributed by atoms with Crippen molar-refractivity contribution in [2.75, 3.05) is 10.6 Å². The minimum Gasteiger partial charge on any atom is -0.466 e. The van der Waals surface area contributed by atoms with E-state index in [4.69, 9.17) is 27.9 Å². The van der Waals surface area contributed by atoms with Gasteiger partial charge >= 0.3 is 0 Å². The maximum atomic E-state index is 14.0. The first-order valence-corrected chi connectivity index (χ1v) is 9.58. The Labute approximate surface area is 180 Å². The van der Waals surface area contributed by atoms with Gasteiger partial charge in [0.1, 0.15) is 11.6 Å². The number of nitrogens with one attached hydrogen (secondary N) is 2. The average molecular weight is 449 g/mol. The highest BCUT2D eigenvalue weighted by molar-refractivity contribution is 6.31. The van der Waals surface area contributed by atoms with Crippen LogP contribution in [0.1, 0.15) is 12.5 Å². The van der Waals surface area contributed by atoms with Crippen molar-refractivity contribution in [3.63, 3.8) is 0 Å². The lowest BCUT2D eigenvalue weighted by Gasteiger charge is -2.33. The number of amides is 2. The Bertz CT molecular complexity index is 1150. The smallest absolute Gasteiger partial charge is 0.278 e. The van der Waals surface area contributed by atoms with E-state index in [9.17, 15) is 14.0 Å². The zero-order valence-corrected chi connectivity index (χ0v) is 17.1. The molecule has 154 valence electrons. The van der Waals surface area contributed by atoms with E-state index < -0.39 is 23.2 Å². The molecule has 2 aromatic carbocycles. The van der Waals surface area contributed by atoms with Gasteiger partial charge in [-0.1, -0.05) is 29.3 Å². The van der Waals surface area contributed by atoms with Crippen LogP contribution in [0.15, 0.2) is 48.8 Å². The van der Waals surface area contributed by atoms with Gasteiger partial charge in [-0.15, -0.1) is 0 Å². The standard InChI is InChI=1S/C20H15Cl2FN4O3/c1-20(19(29)26-16-7-11(21)5-6-17(16)30-20)18(28)25-12-8-24-27(9-12)10-13-14(22)3-2-4-15(13)23/h2-9H,10H2,1H3,(H,25,28)(H,26,29). The quantitative estimate of drug-likeness (QED) is 0.588. The second-order valence-electron chi connectivity index (χ2n) is 6.81. The molecule has 0 radical (unpaired) electrons. The molecule has 1 aliphatic rings. The molecule has 2 heterocycles. The molecule has 30 heavy (non-hydrogen) atoms. The van der Waals surface area contributed by atoms with Crippen molar-refractivity contribution in [1.29, 1.82) is 0 Å². The van der Waals surface area contributed by atoms with Gasteiger partial charge in [-0.3, -0.25) is 14.3 Å². The Hall–Kier alpha value is -3.10. The van der Waals surface area contributed by atoms with E-state index in [2.05, 4.69) is 15.7 Å². The number of fused-ring (bicyclic) bond motifs is 1. The van der Waals surface area contributed by atoms with Crippen molar-refractivity contribution < 1.29 is 18.7 Å². The summed E-state index contributed by atoms with van der Waals surface area (Å²) >= 11 is 12.0. The minimum atomic E-state index is -1.81. The van der Waals surface area contributed by atoms with Crippen LogP contribution in [0, 0.1) is 5.82 Å². The molecule has 0 bridgehead atoms.